The lowest BCUT2D eigenvalue weighted by molar-refractivity contribution is -0.134. The Balaban J connectivity index is 0.00000210. The minimum absolute atomic E-state index is 0. The number of likely N-dealkylation sites (tertiary alicyclic amines) is 1. The summed E-state index contributed by atoms with van der Waals surface area (Å²) in [5.74, 6) is 0.671. The fourth-order valence-electron chi connectivity index (χ4n) is 3.70. The zero-order valence-corrected chi connectivity index (χ0v) is 19.3. The zero-order chi connectivity index (χ0) is 19.4. The van der Waals surface area contributed by atoms with Crippen molar-refractivity contribution in [2.75, 3.05) is 52.4 Å². The number of piperidine rings is 1. The van der Waals surface area contributed by atoms with Gasteiger partial charge in [-0.25, -0.2) is 8.42 Å². The third-order valence-corrected chi connectivity index (χ3v) is 7.56. The van der Waals surface area contributed by atoms with E-state index in [0.29, 0.717) is 50.1 Å². The number of carbonyl (C=O) groups is 1. The molecular formula is C19H32Cl2N4O3S. The van der Waals surface area contributed by atoms with E-state index in [9.17, 15) is 13.2 Å². The zero-order valence-electron chi connectivity index (χ0n) is 16.8. The van der Waals surface area contributed by atoms with Gasteiger partial charge in [0.25, 0.3) is 0 Å². The van der Waals surface area contributed by atoms with Gasteiger partial charge in [0.05, 0.1) is 11.4 Å². The number of hydrogen-bond acceptors (Lipinski definition) is 5. The summed E-state index contributed by atoms with van der Waals surface area (Å²) >= 11 is 0. The molecule has 3 rings (SSSR count). The maximum absolute atomic E-state index is 12.8. The molecule has 29 heavy (non-hydrogen) atoms. The molecule has 2 aliphatic heterocycles. The molecule has 0 radical (unpaired) electrons. The molecule has 1 aromatic carbocycles. The van der Waals surface area contributed by atoms with E-state index < -0.39 is 10.0 Å². The van der Waals surface area contributed by atoms with Crippen molar-refractivity contribution in [3.8, 4) is 0 Å². The smallest absolute Gasteiger partial charge is 0.243 e. The number of nitrogens with two attached hydrogens (primary N) is 1. The van der Waals surface area contributed by atoms with Crippen molar-refractivity contribution in [1.29, 1.82) is 0 Å². The lowest BCUT2D eigenvalue weighted by Crippen LogP contribution is -2.52. The number of carbonyl (C=O) groups excluding carboxylic acids is 1. The Labute approximate surface area is 186 Å². The maximum atomic E-state index is 12.8. The highest BCUT2D eigenvalue weighted by Crippen LogP contribution is 2.19. The van der Waals surface area contributed by atoms with Crippen LogP contribution in [0.25, 0.3) is 0 Å². The Morgan fingerprint density at radius 2 is 1.55 bits per heavy atom. The number of benzene rings is 1. The second kappa shape index (κ2) is 11.5. The number of halogens is 2. The van der Waals surface area contributed by atoms with Gasteiger partial charge in [-0.3, -0.25) is 9.69 Å². The molecule has 2 aliphatic rings. The van der Waals surface area contributed by atoms with Crippen molar-refractivity contribution in [3.63, 3.8) is 0 Å². The van der Waals surface area contributed by atoms with Gasteiger partial charge in [0.1, 0.15) is 0 Å². The Hall–Kier alpha value is -0.900. The van der Waals surface area contributed by atoms with Gasteiger partial charge in [-0.05, 0) is 44.4 Å². The first-order chi connectivity index (χ1) is 12.9. The Morgan fingerprint density at radius 3 is 2.07 bits per heavy atom. The molecule has 0 saturated carbocycles. The molecule has 2 saturated heterocycles. The summed E-state index contributed by atoms with van der Waals surface area (Å²) in [6.45, 7) is 6.55. The van der Waals surface area contributed by atoms with E-state index in [0.717, 1.165) is 31.5 Å². The number of rotatable bonds is 5. The van der Waals surface area contributed by atoms with Gasteiger partial charge in [0.15, 0.2) is 0 Å². The van der Waals surface area contributed by atoms with Gasteiger partial charge >= 0.3 is 0 Å². The van der Waals surface area contributed by atoms with Crippen LogP contribution in [-0.4, -0.2) is 80.8 Å². The second-order valence-corrected chi connectivity index (χ2v) is 9.49. The fraction of sp³-hybridized carbons (Fsp3) is 0.632. The van der Waals surface area contributed by atoms with Crippen molar-refractivity contribution in [1.82, 2.24) is 14.1 Å². The van der Waals surface area contributed by atoms with E-state index in [1.165, 1.54) is 4.31 Å². The van der Waals surface area contributed by atoms with Crippen LogP contribution in [0.1, 0.15) is 18.4 Å². The molecule has 2 N–H and O–H groups in total. The second-order valence-electron chi connectivity index (χ2n) is 7.55. The normalized spacial score (nSPS) is 19.3. The van der Waals surface area contributed by atoms with Crippen LogP contribution in [0.5, 0.6) is 0 Å². The Morgan fingerprint density at radius 1 is 1.00 bits per heavy atom. The lowest BCUT2D eigenvalue weighted by atomic mass is 9.97. The number of aryl methyl sites for hydroxylation is 1. The van der Waals surface area contributed by atoms with Crippen LogP contribution in [0.2, 0.25) is 0 Å². The number of nitrogens with zero attached hydrogens (tertiary/aromatic N) is 3. The molecule has 1 aromatic rings. The van der Waals surface area contributed by atoms with E-state index in [4.69, 9.17) is 5.73 Å². The van der Waals surface area contributed by atoms with Crippen LogP contribution < -0.4 is 5.73 Å². The topological polar surface area (TPSA) is 87.0 Å². The third-order valence-electron chi connectivity index (χ3n) is 5.65. The van der Waals surface area contributed by atoms with Crippen LogP contribution in [0.3, 0.4) is 0 Å². The van der Waals surface area contributed by atoms with Crippen LogP contribution in [-0.2, 0) is 14.8 Å². The Bertz CT molecular complexity index is 745. The third kappa shape index (κ3) is 6.54. The first kappa shape index (κ1) is 26.1. The average Bonchev–Trinajstić information content (AvgIpc) is 2.69. The predicted octanol–water partition coefficient (Wildman–Crippen LogP) is 1.34. The summed E-state index contributed by atoms with van der Waals surface area (Å²) < 4.78 is 27.0. The van der Waals surface area contributed by atoms with Crippen molar-refractivity contribution >= 4 is 40.7 Å². The highest BCUT2D eigenvalue weighted by molar-refractivity contribution is 7.89. The molecule has 1 amide bonds. The Kier molecular flexibility index (Phi) is 10.3. The minimum atomic E-state index is -3.46. The standard InChI is InChI=1S/C19H30N4O3S.2ClH/c1-16-2-4-18(5-3-16)27(25,26)23-12-10-21(11-13-23)15-19(24)22-8-6-17(14-20)7-9-22;;/h2-5,17H,6-15,20H2,1H3;2*1H. The van der Waals surface area contributed by atoms with Crippen molar-refractivity contribution in [2.45, 2.75) is 24.7 Å². The van der Waals surface area contributed by atoms with Crippen LogP contribution in [0, 0.1) is 12.8 Å². The molecule has 0 bridgehead atoms. The van der Waals surface area contributed by atoms with Crippen LogP contribution in [0.15, 0.2) is 29.2 Å². The number of hydrogen-bond donors (Lipinski definition) is 1. The first-order valence-corrected chi connectivity index (χ1v) is 11.1. The molecule has 0 aliphatic carbocycles. The van der Waals surface area contributed by atoms with E-state index in [2.05, 4.69) is 4.90 Å². The first-order valence-electron chi connectivity index (χ1n) is 9.67. The van der Waals surface area contributed by atoms with Gasteiger partial charge < -0.3 is 10.6 Å². The number of amides is 1. The summed E-state index contributed by atoms with van der Waals surface area (Å²) in [5.41, 5.74) is 6.74. The molecular weight excluding hydrogens is 435 g/mol. The van der Waals surface area contributed by atoms with Gasteiger partial charge in [0.2, 0.25) is 15.9 Å². The van der Waals surface area contributed by atoms with E-state index >= 15 is 0 Å². The SMILES string of the molecule is Cc1ccc(S(=O)(=O)N2CCN(CC(=O)N3CCC(CN)CC3)CC2)cc1.Cl.Cl. The van der Waals surface area contributed by atoms with Crippen LogP contribution in [0.4, 0.5) is 0 Å². The van der Waals surface area contributed by atoms with Gasteiger partial charge in [-0.15, -0.1) is 24.8 Å². The highest BCUT2D eigenvalue weighted by Gasteiger charge is 2.30. The van der Waals surface area contributed by atoms with Gasteiger partial charge in [0, 0.05) is 39.3 Å². The number of sulfonamides is 1. The minimum Gasteiger partial charge on any atom is -0.342 e. The molecule has 166 valence electrons. The van der Waals surface area contributed by atoms with Crippen molar-refractivity contribution in [3.05, 3.63) is 29.8 Å². The summed E-state index contributed by atoms with van der Waals surface area (Å²) in [6, 6.07) is 6.95. The average molecular weight is 467 g/mol. The summed E-state index contributed by atoms with van der Waals surface area (Å²) in [4.78, 5) is 16.8. The molecule has 0 atom stereocenters. The molecule has 2 fully saturated rings. The quantitative estimate of drug-likeness (QED) is 0.707. The molecule has 0 spiro atoms. The molecule has 7 nitrogen and oxygen atoms in total. The van der Waals surface area contributed by atoms with Gasteiger partial charge in [-0.2, -0.15) is 4.31 Å². The molecule has 10 heteroatoms. The molecule has 0 unspecified atom stereocenters. The lowest BCUT2D eigenvalue weighted by Gasteiger charge is -2.36. The summed E-state index contributed by atoms with van der Waals surface area (Å²) in [7, 11) is -3.46. The van der Waals surface area contributed by atoms with Crippen LogP contribution >= 0.6 is 24.8 Å². The summed E-state index contributed by atoms with van der Waals surface area (Å²) in [6.07, 6.45) is 1.95. The molecule has 0 aromatic heterocycles. The predicted molar refractivity (Wildman–Crippen MR) is 119 cm³/mol. The van der Waals surface area contributed by atoms with E-state index in [-0.39, 0.29) is 30.7 Å². The van der Waals surface area contributed by atoms with E-state index in [1.807, 2.05) is 24.0 Å². The van der Waals surface area contributed by atoms with Crippen molar-refractivity contribution in [2.24, 2.45) is 11.7 Å². The number of piperazine rings is 1. The van der Waals surface area contributed by atoms with Crippen molar-refractivity contribution < 1.29 is 13.2 Å². The molecule has 2 heterocycles. The summed E-state index contributed by atoms with van der Waals surface area (Å²) in [5, 5.41) is 0. The monoisotopic (exact) mass is 466 g/mol. The highest BCUT2D eigenvalue weighted by atomic mass is 35.5. The maximum Gasteiger partial charge on any atom is 0.243 e. The largest absolute Gasteiger partial charge is 0.342 e. The van der Waals surface area contributed by atoms with E-state index in [1.54, 1.807) is 12.1 Å². The fourth-order valence-corrected chi connectivity index (χ4v) is 5.12. The van der Waals surface area contributed by atoms with Gasteiger partial charge in [-0.1, -0.05) is 17.7 Å².